The number of benzene rings is 2. The molecule has 2 aromatic rings. The van der Waals surface area contributed by atoms with Gasteiger partial charge in [0, 0.05) is 23.3 Å². The number of nitrogens with one attached hydrogen (secondary N) is 1. The van der Waals surface area contributed by atoms with E-state index in [9.17, 15) is 19.7 Å². The molecule has 0 fully saturated rings. The van der Waals surface area contributed by atoms with Crippen LogP contribution in [0.1, 0.15) is 54.8 Å². The first-order valence-corrected chi connectivity index (χ1v) is 9.95. The van der Waals surface area contributed by atoms with Gasteiger partial charge in [-0.3, -0.25) is 19.7 Å². The van der Waals surface area contributed by atoms with E-state index in [2.05, 4.69) is 5.32 Å². The fourth-order valence-electron chi connectivity index (χ4n) is 2.55. The van der Waals surface area contributed by atoms with Gasteiger partial charge in [-0.25, -0.2) is 0 Å². The molecule has 0 saturated carbocycles. The van der Waals surface area contributed by atoms with Crippen molar-refractivity contribution in [1.29, 1.82) is 0 Å². The second-order valence-electron chi connectivity index (χ2n) is 7.51. The molecular formula is C22H27N3O6. The zero-order valence-corrected chi connectivity index (χ0v) is 18.0. The number of amides is 2. The first-order valence-electron chi connectivity index (χ1n) is 9.95. The maximum Gasteiger partial charge on any atom is 0.310 e. The van der Waals surface area contributed by atoms with E-state index < -0.39 is 16.7 Å². The summed E-state index contributed by atoms with van der Waals surface area (Å²) in [7, 11) is 0. The van der Waals surface area contributed by atoms with E-state index in [0.29, 0.717) is 24.5 Å². The smallest absolute Gasteiger partial charge is 0.310 e. The zero-order valence-electron chi connectivity index (χ0n) is 18.0. The Balaban J connectivity index is 2.34. The third-order valence-electron chi connectivity index (χ3n) is 4.41. The molecule has 0 aliphatic rings. The highest BCUT2D eigenvalue weighted by Gasteiger charge is 2.21. The number of carbonyl (C=O) groups excluding carboxylic acids is 2. The molecule has 0 saturated heterocycles. The number of rotatable bonds is 10. The van der Waals surface area contributed by atoms with E-state index in [-0.39, 0.29) is 34.6 Å². The summed E-state index contributed by atoms with van der Waals surface area (Å²) in [5, 5.41) is 14.0. The Kier molecular flexibility index (Phi) is 7.95. The van der Waals surface area contributed by atoms with Gasteiger partial charge in [-0.05, 0) is 43.5 Å². The highest BCUT2D eigenvalue weighted by Crippen LogP contribution is 2.31. The molecule has 0 heterocycles. The van der Waals surface area contributed by atoms with Crippen LogP contribution in [-0.2, 0) is 0 Å². The number of hydrogen-bond acceptors (Lipinski definition) is 6. The van der Waals surface area contributed by atoms with Gasteiger partial charge in [0.1, 0.15) is 5.75 Å². The lowest BCUT2D eigenvalue weighted by Gasteiger charge is -2.16. The van der Waals surface area contributed by atoms with Crippen LogP contribution in [-0.4, -0.2) is 29.4 Å². The van der Waals surface area contributed by atoms with E-state index in [4.69, 9.17) is 15.2 Å². The third-order valence-corrected chi connectivity index (χ3v) is 4.41. The van der Waals surface area contributed by atoms with Gasteiger partial charge in [-0.2, -0.15) is 0 Å². The van der Waals surface area contributed by atoms with Crippen LogP contribution < -0.4 is 20.5 Å². The molecule has 9 nitrogen and oxygen atoms in total. The van der Waals surface area contributed by atoms with Gasteiger partial charge < -0.3 is 20.5 Å². The second kappa shape index (κ2) is 10.4. The number of anilines is 1. The molecule has 2 aromatic carbocycles. The number of primary amides is 1. The van der Waals surface area contributed by atoms with Crippen molar-refractivity contribution in [3.8, 4) is 11.5 Å². The van der Waals surface area contributed by atoms with Gasteiger partial charge in [0.15, 0.2) is 5.75 Å². The van der Waals surface area contributed by atoms with Crippen LogP contribution in [0.2, 0.25) is 0 Å². The highest BCUT2D eigenvalue weighted by atomic mass is 16.6. The summed E-state index contributed by atoms with van der Waals surface area (Å²) in [6.07, 6.45) is 0.394. The minimum absolute atomic E-state index is 0.0207. The van der Waals surface area contributed by atoms with Crippen molar-refractivity contribution in [1.82, 2.24) is 0 Å². The van der Waals surface area contributed by atoms with Crippen molar-refractivity contribution < 1.29 is 24.0 Å². The quantitative estimate of drug-likeness (QED) is 0.430. The van der Waals surface area contributed by atoms with Gasteiger partial charge in [-0.15, -0.1) is 0 Å². The Bertz CT molecular complexity index is 974. The average Bonchev–Trinajstić information content (AvgIpc) is 2.72. The molecule has 0 spiro atoms. The Morgan fingerprint density at radius 3 is 2.32 bits per heavy atom. The maximum atomic E-state index is 12.8. The van der Waals surface area contributed by atoms with E-state index in [1.807, 2.05) is 20.8 Å². The van der Waals surface area contributed by atoms with Crippen LogP contribution in [0.4, 0.5) is 11.4 Å². The predicted molar refractivity (Wildman–Crippen MR) is 117 cm³/mol. The summed E-state index contributed by atoms with van der Waals surface area (Å²) in [6.45, 7) is 7.98. The highest BCUT2D eigenvalue weighted by molar-refractivity contribution is 6.06. The monoisotopic (exact) mass is 429 g/mol. The molecule has 0 aliphatic carbocycles. The van der Waals surface area contributed by atoms with Gasteiger partial charge in [-0.1, -0.05) is 20.8 Å². The molecular weight excluding hydrogens is 402 g/mol. The molecule has 0 bridgehead atoms. The lowest BCUT2D eigenvalue weighted by molar-refractivity contribution is -0.386. The molecule has 1 atom stereocenters. The van der Waals surface area contributed by atoms with E-state index in [0.717, 1.165) is 0 Å². The van der Waals surface area contributed by atoms with E-state index in [1.54, 1.807) is 6.92 Å². The van der Waals surface area contributed by atoms with Gasteiger partial charge in [0.2, 0.25) is 5.91 Å². The van der Waals surface area contributed by atoms with Crippen LogP contribution in [0.3, 0.4) is 0 Å². The molecule has 0 aromatic heterocycles. The lowest BCUT2D eigenvalue weighted by Crippen LogP contribution is -2.17. The van der Waals surface area contributed by atoms with Crippen molar-refractivity contribution in [2.75, 3.05) is 11.9 Å². The van der Waals surface area contributed by atoms with Gasteiger partial charge in [0.25, 0.3) is 5.91 Å². The first kappa shape index (κ1) is 23.7. The summed E-state index contributed by atoms with van der Waals surface area (Å²) >= 11 is 0. The van der Waals surface area contributed by atoms with Crippen molar-refractivity contribution in [3.05, 3.63) is 57.6 Å². The van der Waals surface area contributed by atoms with Crippen LogP contribution in [0.15, 0.2) is 36.4 Å². The molecule has 1 unspecified atom stereocenters. The summed E-state index contributed by atoms with van der Waals surface area (Å²) < 4.78 is 11.4. The number of nitro groups is 1. The van der Waals surface area contributed by atoms with Gasteiger partial charge >= 0.3 is 5.69 Å². The van der Waals surface area contributed by atoms with Crippen molar-refractivity contribution in [2.45, 2.75) is 40.2 Å². The summed E-state index contributed by atoms with van der Waals surface area (Å²) in [5.41, 5.74) is 5.89. The van der Waals surface area contributed by atoms with Gasteiger partial charge in [0.05, 0.1) is 23.3 Å². The third kappa shape index (κ3) is 6.43. The number of ether oxygens (including phenoxy) is 2. The van der Waals surface area contributed by atoms with Crippen LogP contribution >= 0.6 is 0 Å². The van der Waals surface area contributed by atoms with E-state index >= 15 is 0 Å². The zero-order chi connectivity index (χ0) is 23.1. The van der Waals surface area contributed by atoms with Crippen molar-refractivity contribution in [2.24, 2.45) is 11.7 Å². The van der Waals surface area contributed by atoms with E-state index in [1.165, 1.54) is 36.4 Å². The Hall–Kier alpha value is -3.62. The maximum absolute atomic E-state index is 12.8. The molecule has 2 amide bonds. The summed E-state index contributed by atoms with van der Waals surface area (Å²) in [5.74, 6) is -0.584. The molecule has 166 valence electrons. The summed E-state index contributed by atoms with van der Waals surface area (Å²) in [6, 6.07) is 8.39. The number of nitrogens with zero attached hydrogens (tertiary/aromatic N) is 1. The average molecular weight is 429 g/mol. The SMILES string of the molecule is CCC(C)Oc1cc(C(=O)Nc2ccc(C(N)=O)cc2OCC(C)C)ccc1[N+](=O)[O-]. The minimum Gasteiger partial charge on any atom is -0.491 e. The van der Waals surface area contributed by atoms with Crippen molar-refractivity contribution >= 4 is 23.2 Å². The normalized spacial score (nSPS) is 11.6. The van der Waals surface area contributed by atoms with Crippen LogP contribution in [0.5, 0.6) is 11.5 Å². The standard InChI is InChI=1S/C22H27N3O6/c1-5-14(4)31-20-11-16(7-9-18(20)25(28)29)22(27)24-17-8-6-15(21(23)26)10-19(17)30-12-13(2)3/h6-11,13-14H,5,12H2,1-4H3,(H2,23,26)(H,24,27). The fourth-order valence-corrected chi connectivity index (χ4v) is 2.55. The summed E-state index contributed by atoms with van der Waals surface area (Å²) in [4.78, 5) is 35.1. The lowest BCUT2D eigenvalue weighted by atomic mass is 10.1. The number of carbonyl (C=O) groups is 2. The Labute approximate surface area is 180 Å². The van der Waals surface area contributed by atoms with Crippen LogP contribution in [0.25, 0.3) is 0 Å². The Morgan fingerprint density at radius 1 is 1.10 bits per heavy atom. The largest absolute Gasteiger partial charge is 0.491 e. The predicted octanol–water partition coefficient (Wildman–Crippen LogP) is 4.16. The van der Waals surface area contributed by atoms with Crippen LogP contribution in [0, 0.1) is 16.0 Å². The number of nitrogens with two attached hydrogens (primary N) is 1. The molecule has 31 heavy (non-hydrogen) atoms. The first-order chi connectivity index (χ1) is 14.6. The number of nitro benzene ring substituents is 1. The molecule has 2 rings (SSSR count). The molecule has 0 aliphatic heterocycles. The minimum atomic E-state index is -0.616. The molecule has 3 N–H and O–H groups in total. The Morgan fingerprint density at radius 2 is 1.74 bits per heavy atom. The molecule has 9 heteroatoms. The second-order valence-corrected chi connectivity index (χ2v) is 7.51. The number of hydrogen-bond donors (Lipinski definition) is 2. The fraction of sp³-hybridized carbons (Fsp3) is 0.364. The van der Waals surface area contributed by atoms with Crippen molar-refractivity contribution in [3.63, 3.8) is 0 Å². The molecule has 0 radical (unpaired) electrons. The topological polar surface area (TPSA) is 134 Å².